The second kappa shape index (κ2) is 8.49. The Labute approximate surface area is 174 Å². The number of carbonyl (C=O) groups excluding carboxylic acids is 1. The van der Waals surface area contributed by atoms with Crippen molar-refractivity contribution in [1.82, 2.24) is 14.9 Å². The summed E-state index contributed by atoms with van der Waals surface area (Å²) >= 11 is 5.91. The van der Waals surface area contributed by atoms with E-state index in [0.717, 1.165) is 35.9 Å². The van der Waals surface area contributed by atoms with Crippen LogP contribution in [-0.4, -0.2) is 54.1 Å². The van der Waals surface area contributed by atoms with Crippen molar-refractivity contribution in [1.29, 1.82) is 0 Å². The third kappa shape index (κ3) is 4.32. The molecule has 0 atom stereocenters. The fraction of sp³-hybridized carbons (Fsp3) is 0.227. The predicted molar refractivity (Wildman–Crippen MR) is 114 cm³/mol. The molecule has 2 heterocycles. The molecule has 0 bridgehead atoms. The maximum atomic E-state index is 12.7. The van der Waals surface area contributed by atoms with Crippen LogP contribution in [0.4, 0.5) is 5.82 Å². The monoisotopic (exact) mass is 408 g/mol. The molecular formula is C22H21ClN4O2. The number of methoxy groups -OCH3 is 1. The zero-order valence-corrected chi connectivity index (χ0v) is 16.8. The van der Waals surface area contributed by atoms with Gasteiger partial charge in [-0.3, -0.25) is 4.79 Å². The molecule has 6 nitrogen and oxygen atoms in total. The number of nitrogens with zero attached hydrogens (tertiary/aromatic N) is 4. The zero-order valence-electron chi connectivity index (χ0n) is 16.1. The average Bonchev–Trinajstić information content (AvgIpc) is 2.79. The second-order valence-corrected chi connectivity index (χ2v) is 7.21. The average molecular weight is 409 g/mol. The largest absolute Gasteiger partial charge is 0.497 e. The van der Waals surface area contributed by atoms with Gasteiger partial charge in [0.1, 0.15) is 17.9 Å². The second-order valence-electron chi connectivity index (χ2n) is 6.78. The Kier molecular flexibility index (Phi) is 5.62. The smallest absolute Gasteiger partial charge is 0.253 e. The van der Waals surface area contributed by atoms with Gasteiger partial charge in [0.15, 0.2) is 0 Å². The number of piperazine rings is 1. The minimum Gasteiger partial charge on any atom is -0.497 e. The summed E-state index contributed by atoms with van der Waals surface area (Å²) in [5, 5.41) is 0.628. The maximum absolute atomic E-state index is 12.7. The molecule has 1 amide bonds. The van der Waals surface area contributed by atoms with E-state index in [0.29, 0.717) is 23.7 Å². The van der Waals surface area contributed by atoms with E-state index >= 15 is 0 Å². The van der Waals surface area contributed by atoms with E-state index in [2.05, 4.69) is 14.9 Å². The Bertz CT molecular complexity index is 984. The molecule has 0 aliphatic carbocycles. The number of carbonyl (C=O) groups is 1. The van der Waals surface area contributed by atoms with Gasteiger partial charge in [-0.15, -0.1) is 0 Å². The number of hydrogen-bond donors (Lipinski definition) is 0. The van der Waals surface area contributed by atoms with Crippen LogP contribution in [0.1, 0.15) is 10.4 Å². The van der Waals surface area contributed by atoms with Gasteiger partial charge >= 0.3 is 0 Å². The number of benzene rings is 2. The minimum atomic E-state index is 0.0305. The van der Waals surface area contributed by atoms with Crippen LogP contribution in [0, 0.1) is 0 Å². The molecule has 0 saturated carbocycles. The van der Waals surface area contributed by atoms with Crippen molar-refractivity contribution in [3.05, 3.63) is 71.5 Å². The molecule has 1 aliphatic rings. The SMILES string of the molecule is COc1ccc(-c2cc(N3CCN(C(=O)c4ccc(Cl)cc4)CC3)ncn2)cc1. The van der Waals surface area contributed by atoms with E-state index in [-0.39, 0.29) is 5.91 Å². The summed E-state index contributed by atoms with van der Waals surface area (Å²) in [7, 11) is 1.65. The molecular weight excluding hydrogens is 388 g/mol. The maximum Gasteiger partial charge on any atom is 0.253 e. The number of amides is 1. The molecule has 29 heavy (non-hydrogen) atoms. The number of ether oxygens (including phenoxy) is 1. The van der Waals surface area contributed by atoms with Crippen molar-refractivity contribution in [2.75, 3.05) is 38.2 Å². The number of aromatic nitrogens is 2. The molecule has 1 aliphatic heterocycles. The molecule has 1 aromatic heterocycles. The van der Waals surface area contributed by atoms with E-state index in [1.54, 1.807) is 37.7 Å². The Morgan fingerprint density at radius 3 is 2.31 bits per heavy atom. The van der Waals surface area contributed by atoms with Crippen LogP contribution >= 0.6 is 11.6 Å². The lowest BCUT2D eigenvalue weighted by Crippen LogP contribution is -2.49. The number of halogens is 1. The van der Waals surface area contributed by atoms with Crippen molar-refractivity contribution in [2.45, 2.75) is 0 Å². The normalized spacial score (nSPS) is 14.0. The Balaban J connectivity index is 1.43. The lowest BCUT2D eigenvalue weighted by atomic mass is 10.1. The van der Waals surface area contributed by atoms with Crippen LogP contribution in [0.15, 0.2) is 60.9 Å². The predicted octanol–water partition coefficient (Wildman–Crippen LogP) is 3.77. The Morgan fingerprint density at radius 2 is 1.66 bits per heavy atom. The molecule has 3 aromatic rings. The van der Waals surface area contributed by atoms with Crippen molar-refractivity contribution < 1.29 is 9.53 Å². The van der Waals surface area contributed by atoms with E-state index < -0.39 is 0 Å². The summed E-state index contributed by atoms with van der Waals surface area (Å²) in [5.74, 6) is 1.71. The van der Waals surface area contributed by atoms with Gasteiger partial charge in [0.25, 0.3) is 5.91 Å². The molecule has 7 heteroatoms. The molecule has 0 spiro atoms. The van der Waals surface area contributed by atoms with Crippen molar-refractivity contribution in [3.63, 3.8) is 0 Å². The summed E-state index contributed by atoms with van der Waals surface area (Å²) in [6.07, 6.45) is 1.58. The first-order valence-corrected chi connectivity index (χ1v) is 9.78. The lowest BCUT2D eigenvalue weighted by molar-refractivity contribution is 0.0746. The highest BCUT2D eigenvalue weighted by Gasteiger charge is 2.23. The summed E-state index contributed by atoms with van der Waals surface area (Å²) in [6, 6.07) is 16.8. The fourth-order valence-electron chi connectivity index (χ4n) is 3.35. The topological polar surface area (TPSA) is 58.6 Å². The molecule has 0 unspecified atom stereocenters. The highest BCUT2D eigenvalue weighted by Crippen LogP contribution is 2.24. The van der Waals surface area contributed by atoms with Gasteiger partial charge < -0.3 is 14.5 Å². The molecule has 4 rings (SSSR count). The quantitative estimate of drug-likeness (QED) is 0.657. The first-order valence-electron chi connectivity index (χ1n) is 9.40. The number of hydrogen-bond acceptors (Lipinski definition) is 5. The standard InChI is InChI=1S/C22H21ClN4O2/c1-29-19-8-4-16(5-9-19)20-14-21(25-15-24-20)26-10-12-27(13-11-26)22(28)17-2-6-18(23)7-3-17/h2-9,14-15H,10-13H2,1H3. The number of anilines is 1. The highest BCUT2D eigenvalue weighted by molar-refractivity contribution is 6.30. The lowest BCUT2D eigenvalue weighted by Gasteiger charge is -2.35. The van der Waals surface area contributed by atoms with E-state index in [1.807, 2.05) is 35.2 Å². The molecule has 1 saturated heterocycles. The van der Waals surface area contributed by atoms with Crippen LogP contribution in [0.2, 0.25) is 5.02 Å². The van der Waals surface area contributed by atoms with E-state index in [4.69, 9.17) is 16.3 Å². The Hall–Kier alpha value is -3.12. The van der Waals surface area contributed by atoms with Crippen molar-refractivity contribution >= 4 is 23.3 Å². The molecule has 2 aromatic carbocycles. The third-order valence-electron chi connectivity index (χ3n) is 5.02. The molecule has 0 radical (unpaired) electrons. The molecule has 0 N–H and O–H groups in total. The summed E-state index contributed by atoms with van der Waals surface area (Å²) in [5.41, 5.74) is 2.52. The van der Waals surface area contributed by atoms with E-state index in [1.165, 1.54) is 0 Å². The van der Waals surface area contributed by atoms with E-state index in [9.17, 15) is 4.79 Å². The van der Waals surface area contributed by atoms with Gasteiger partial charge in [-0.05, 0) is 48.5 Å². The summed E-state index contributed by atoms with van der Waals surface area (Å²) < 4.78 is 5.21. The highest BCUT2D eigenvalue weighted by atomic mass is 35.5. The first kappa shape index (κ1) is 19.2. The van der Waals surface area contributed by atoms with Gasteiger partial charge in [-0.25, -0.2) is 9.97 Å². The van der Waals surface area contributed by atoms with Crippen molar-refractivity contribution in [3.8, 4) is 17.0 Å². The van der Waals surface area contributed by atoms with Crippen LogP contribution in [0.3, 0.4) is 0 Å². The van der Waals surface area contributed by atoms with Gasteiger partial charge in [0, 0.05) is 48.4 Å². The van der Waals surface area contributed by atoms with Crippen molar-refractivity contribution in [2.24, 2.45) is 0 Å². The fourth-order valence-corrected chi connectivity index (χ4v) is 3.48. The molecule has 148 valence electrons. The summed E-state index contributed by atoms with van der Waals surface area (Å²) in [6.45, 7) is 2.73. The zero-order chi connectivity index (χ0) is 20.2. The summed E-state index contributed by atoms with van der Waals surface area (Å²) in [4.78, 5) is 25.5. The van der Waals surface area contributed by atoms with Crippen LogP contribution < -0.4 is 9.64 Å². The van der Waals surface area contributed by atoms with Crippen LogP contribution in [-0.2, 0) is 0 Å². The number of rotatable bonds is 4. The Morgan fingerprint density at radius 1 is 0.966 bits per heavy atom. The van der Waals surface area contributed by atoms with Crippen LogP contribution in [0.5, 0.6) is 5.75 Å². The van der Waals surface area contributed by atoms with Gasteiger partial charge in [-0.1, -0.05) is 11.6 Å². The van der Waals surface area contributed by atoms with Crippen LogP contribution in [0.25, 0.3) is 11.3 Å². The van der Waals surface area contributed by atoms with Gasteiger partial charge in [0.05, 0.1) is 12.8 Å². The first-order chi connectivity index (χ1) is 14.1. The van der Waals surface area contributed by atoms with Gasteiger partial charge in [-0.2, -0.15) is 0 Å². The minimum absolute atomic E-state index is 0.0305. The van der Waals surface area contributed by atoms with Gasteiger partial charge in [0.2, 0.25) is 0 Å². The molecule has 1 fully saturated rings. The third-order valence-corrected chi connectivity index (χ3v) is 5.27.